The van der Waals surface area contributed by atoms with Crippen molar-refractivity contribution < 1.29 is 4.79 Å². The second kappa shape index (κ2) is 4.80. The van der Waals surface area contributed by atoms with E-state index in [-0.39, 0.29) is 5.91 Å². The van der Waals surface area contributed by atoms with Gasteiger partial charge in [-0.3, -0.25) is 4.79 Å². The maximum atomic E-state index is 11.7. The van der Waals surface area contributed by atoms with Crippen LogP contribution in [0.15, 0.2) is 36.5 Å². The molecule has 5 nitrogen and oxygen atoms in total. The van der Waals surface area contributed by atoms with Crippen molar-refractivity contribution in [2.45, 2.75) is 5.25 Å². The Hall–Kier alpha value is -1.82. The highest BCUT2D eigenvalue weighted by Crippen LogP contribution is 2.18. The van der Waals surface area contributed by atoms with Crippen LogP contribution in [0, 0.1) is 0 Å². The Bertz CT molecular complexity index is 457. The highest BCUT2D eigenvalue weighted by Gasteiger charge is 2.18. The molecule has 1 aromatic heterocycles. The van der Waals surface area contributed by atoms with E-state index in [9.17, 15) is 4.79 Å². The van der Waals surface area contributed by atoms with Crippen LogP contribution >= 0.6 is 12.6 Å². The molecule has 0 fully saturated rings. The van der Waals surface area contributed by atoms with E-state index in [4.69, 9.17) is 0 Å². The summed E-state index contributed by atoms with van der Waals surface area (Å²) in [6, 6.07) is 9.19. The number of thiol groups is 1. The van der Waals surface area contributed by atoms with Crippen molar-refractivity contribution in [3.63, 3.8) is 0 Å². The molecule has 0 aliphatic rings. The minimum atomic E-state index is -0.626. The third kappa shape index (κ3) is 2.40. The van der Waals surface area contributed by atoms with Gasteiger partial charge in [0.2, 0.25) is 5.91 Å². The van der Waals surface area contributed by atoms with E-state index in [1.165, 1.54) is 6.20 Å². The number of nitrogens with one attached hydrogen (secondary N) is 2. The van der Waals surface area contributed by atoms with Crippen LogP contribution in [0.5, 0.6) is 0 Å². The van der Waals surface area contributed by atoms with Crippen molar-refractivity contribution in [1.29, 1.82) is 0 Å². The molecule has 1 heterocycles. The summed E-state index contributed by atoms with van der Waals surface area (Å²) in [5.74, 6) is -0.233. The fourth-order valence-corrected chi connectivity index (χ4v) is 1.40. The maximum Gasteiger partial charge on any atom is 0.243 e. The van der Waals surface area contributed by atoms with Crippen molar-refractivity contribution in [3.8, 4) is 0 Å². The average molecular weight is 234 g/mol. The van der Waals surface area contributed by atoms with E-state index >= 15 is 0 Å². The van der Waals surface area contributed by atoms with Crippen molar-refractivity contribution in [2.24, 2.45) is 0 Å². The second-order valence-corrected chi connectivity index (χ2v) is 3.67. The number of carbonyl (C=O) groups excluding carboxylic acids is 1. The van der Waals surface area contributed by atoms with Gasteiger partial charge in [-0.1, -0.05) is 18.2 Å². The van der Waals surface area contributed by atoms with Crippen LogP contribution < -0.4 is 5.32 Å². The van der Waals surface area contributed by atoms with Gasteiger partial charge in [0.05, 0.1) is 6.20 Å². The van der Waals surface area contributed by atoms with Crippen molar-refractivity contribution >= 4 is 24.2 Å². The van der Waals surface area contributed by atoms with Gasteiger partial charge in [-0.2, -0.15) is 28.0 Å². The lowest BCUT2D eigenvalue weighted by molar-refractivity contribution is -0.115. The zero-order valence-corrected chi connectivity index (χ0v) is 9.19. The van der Waals surface area contributed by atoms with Gasteiger partial charge in [0.25, 0.3) is 0 Å². The Morgan fingerprint density at radius 2 is 2.12 bits per heavy atom. The number of nitrogens with zero attached hydrogens (tertiary/aromatic N) is 2. The van der Waals surface area contributed by atoms with Crippen molar-refractivity contribution in [1.82, 2.24) is 15.4 Å². The summed E-state index contributed by atoms with van der Waals surface area (Å²) in [7, 11) is 0. The normalized spacial score (nSPS) is 12.1. The van der Waals surface area contributed by atoms with Crippen LogP contribution in [-0.4, -0.2) is 21.3 Å². The van der Waals surface area contributed by atoms with Crippen molar-refractivity contribution in [2.75, 3.05) is 5.32 Å². The monoisotopic (exact) mass is 234 g/mol. The molecule has 0 spiro atoms. The van der Waals surface area contributed by atoms with Gasteiger partial charge in [-0.15, -0.1) is 0 Å². The number of benzene rings is 1. The number of anilines is 1. The number of H-pyrrole nitrogens is 1. The third-order valence-corrected chi connectivity index (χ3v) is 2.50. The number of aromatic amines is 1. The van der Waals surface area contributed by atoms with Gasteiger partial charge in [0.15, 0.2) is 0 Å². The Morgan fingerprint density at radius 1 is 1.38 bits per heavy atom. The molecule has 1 atom stereocenters. The summed E-state index contributed by atoms with van der Waals surface area (Å²) in [5, 5.41) is 12.0. The SMILES string of the molecule is O=C(Nc1ccccc1)C(S)c1cn[nH]n1. The van der Waals surface area contributed by atoms with Crippen LogP contribution in [0.3, 0.4) is 0 Å². The predicted molar refractivity (Wildman–Crippen MR) is 63.2 cm³/mol. The predicted octanol–water partition coefficient (Wildman–Crippen LogP) is 1.41. The number of carbonyl (C=O) groups is 1. The van der Waals surface area contributed by atoms with Crippen LogP contribution in [0.25, 0.3) is 0 Å². The number of hydrogen-bond donors (Lipinski definition) is 3. The molecule has 1 amide bonds. The fraction of sp³-hybridized carbons (Fsp3) is 0.100. The zero-order chi connectivity index (χ0) is 11.4. The standard InChI is InChI=1S/C10H10N4OS/c15-10(9(16)8-6-11-14-13-8)12-7-4-2-1-3-5-7/h1-6,9,16H,(H,12,15)(H,11,13,14). The van der Waals surface area contributed by atoms with Gasteiger partial charge in [0, 0.05) is 5.69 Å². The molecule has 0 radical (unpaired) electrons. The molecular formula is C10H10N4OS. The minimum Gasteiger partial charge on any atom is -0.325 e. The second-order valence-electron chi connectivity index (χ2n) is 3.15. The molecule has 6 heteroatoms. The molecule has 1 aromatic carbocycles. The van der Waals surface area contributed by atoms with Gasteiger partial charge in [-0.25, -0.2) is 0 Å². The molecule has 0 bridgehead atoms. The van der Waals surface area contributed by atoms with E-state index < -0.39 is 5.25 Å². The summed E-state index contributed by atoms with van der Waals surface area (Å²) in [5.41, 5.74) is 1.23. The molecule has 1 unspecified atom stereocenters. The Labute approximate surface area is 97.7 Å². The van der Waals surface area contributed by atoms with Crippen LogP contribution in [0.1, 0.15) is 10.9 Å². The smallest absolute Gasteiger partial charge is 0.243 e. The molecule has 0 saturated heterocycles. The molecule has 0 saturated carbocycles. The summed E-state index contributed by atoms with van der Waals surface area (Å²) in [4.78, 5) is 11.7. The zero-order valence-electron chi connectivity index (χ0n) is 8.29. The van der Waals surface area contributed by atoms with E-state index in [0.29, 0.717) is 5.69 Å². The number of para-hydroxylation sites is 1. The summed E-state index contributed by atoms with van der Waals surface area (Å²) < 4.78 is 0. The van der Waals surface area contributed by atoms with Crippen LogP contribution in [-0.2, 0) is 4.79 Å². The first-order valence-corrected chi connectivity index (χ1v) is 5.18. The summed E-state index contributed by atoms with van der Waals surface area (Å²) in [6.07, 6.45) is 1.47. The highest BCUT2D eigenvalue weighted by molar-refractivity contribution is 7.81. The molecule has 2 rings (SSSR count). The Morgan fingerprint density at radius 3 is 2.75 bits per heavy atom. The fourth-order valence-electron chi connectivity index (χ4n) is 1.21. The molecule has 82 valence electrons. The summed E-state index contributed by atoms with van der Waals surface area (Å²) >= 11 is 4.18. The molecule has 2 N–H and O–H groups in total. The summed E-state index contributed by atoms with van der Waals surface area (Å²) in [6.45, 7) is 0. The minimum absolute atomic E-state index is 0.233. The third-order valence-electron chi connectivity index (χ3n) is 2.00. The van der Waals surface area contributed by atoms with Crippen LogP contribution in [0.4, 0.5) is 5.69 Å². The Kier molecular flexibility index (Phi) is 3.21. The van der Waals surface area contributed by atoms with E-state index in [1.807, 2.05) is 18.2 Å². The van der Waals surface area contributed by atoms with Gasteiger partial charge >= 0.3 is 0 Å². The first-order valence-electron chi connectivity index (χ1n) is 4.67. The molecule has 0 aliphatic carbocycles. The Balaban J connectivity index is 2.04. The molecule has 2 aromatic rings. The van der Waals surface area contributed by atoms with E-state index in [0.717, 1.165) is 5.69 Å². The van der Waals surface area contributed by atoms with Crippen molar-refractivity contribution in [3.05, 3.63) is 42.2 Å². The quantitative estimate of drug-likeness (QED) is 0.703. The van der Waals surface area contributed by atoms with Crippen LogP contribution in [0.2, 0.25) is 0 Å². The largest absolute Gasteiger partial charge is 0.325 e. The first-order chi connectivity index (χ1) is 7.77. The lowest BCUT2D eigenvalue weighted by Gasteiger charge is -2.08. The van der Waals surface area contributed by atoms with E-state index in [2.05, 4.69) is 33.4 Å². The molecule has 0 aliphatic heterocycles. The number of hydrogen-bond acceptors (Lipinski definition) is 4. The van der Waals surface area contributed by atoms with E-state index in [1.54, 1.807) is 12.1 Å². The molecular weight excluding hydrogens is 224 g/mol. The lowest BCUT2D eigenvalue weighted by atomic mass is 10.2. The number of amides is 1. The maximum absolute atomic E-state index is 11.7. The number of aromatic nitrogens is 3. The molecule has 16 heavy (non-hydrogen) atoms. The first kappa shape index (κ1) is 10.7. The van der Waals surface area contributed by atoms with Gasteiger partial charge in [-0.05, 0) is 12.1 Å². The van der Waals surface area contributed by atoms with Gasteiger partial charge < -0.3 is 5.32 Å². The number of rotatable bonds is 3. The van der Waals surface area contributed by atoms with Gasteiger partial charge in [0.1, 0.15) is 10.9 Å². The lowest BCUT2D eigenvalue weighted by Crippen LogP contribution is -2.17. The average Bonchev–Trinajstić information content (AvgIpc) is 2.83. The topological polar surface area (TPSA) is 70.7 Å². The highest BCUT2D eigenvalue weighted by atomic mass is 32.1.